The van der Waals surface area contributed by atoms with Gasteiger partial charge in [0.15, 0.2) is 9.84 Å². The molecule has 0 aromatic rings. The van der Waals surface area contributed by atoms with E-state index in [1.54, 1.807) is 0 Å². The van der Waals surface area contributed by atoms with Gasteiger partial charge in [0.05, 0.1) is 17.0 Å². The summed E-state index contributed by atoms with van der Waals surface area (Å²) in [5.74, 6) is -1.07. The normalized spacial score (nSPS) is 20.9. The van der Waals surface area contributed by atoms with Gasteiger partial charge in [-0.2, -0.15) is 0 Å². The number of hydrogen-bond acceptors (Lipinski definition) is 4. The van der Waals surface area contributed by atoms with Crippen LogP contribution in [0.5, 0.6) is 0 Å². The van der Waals surface area contributed by atoms with Gasteiger partial charge in [0, 0.05) is 0 Å². The van der Waals surface area contributed by atoms with Gasteiger partial charge in [-0.3, -0.25) is 4.79 Å². The first kappa shape index (κ1) is 11.5. The van der Waals surface area contributed by atoms with E-state index in [1.807, 2.05) is 0 Å². The average Bonchev–Trinajstić information content (AvgIpc) is 2.54. The molecule has 1 saturated carbocycles. The van der Waals surface area contributed by atoms with Crippen LogP contribution in [0.15, 0.2) is 0 Å². The van der Waals surface area contributed by atoms with Crippen LogP contribution in [-0.4, -0.2) is 31.4 Å². The Kier molecular flexibility index (Phi) is 3.49. The van der Waals surface area contributed by atoms with Gasteiger partial charge in [-0.15, -0.1) is 0 Å². The Morgan fingerprint density at radius 1 is 1.36 bits per heavy atom. The molecule has 14 heavy (non-hydrogen) atoms. The lowest BCUT2D eigenvalue weighted by Gasteiger charge is -2.13. The Morgan fingerprint density at radius 3 is 2.29 bits per heavy atom. The third-order valence-electron chi connectivity index (χ3n) is 2.59. The molecule has 0 spiro atoms. The minimum atomic E-state index is -3.23. The molecule has 6 heteroatoms. The second-order valence-corrected chi connectivity index (χ2v) is 6.07. The maximum Gasteiger partial charge on any atom is 0.235 e. The van der Waals surface area contributed by atoms with Gasteiger partial charge in [0.2, 0.25) is 5.91 Å². The van der Waals surface area contributed by atoms with Crippen molar-refractivity contribution in [3.63, 3.8) is 0 Å². The van der Waals surface area contributed by atoms with E-state index in [1.165, 1.54) is 0 Å². The number of rotatable bonds is 4. The fourth-order valence-electron chi connectivity index (χ4n) is 1.72. The molecular weight excluding hydrogens is 204 g/mol. The highest BCUT2D eigenvalue weighted by molar-refractivity contribution is 7.92. The lowest BCUT2D eigenvalue weighted by molar-refractivity contribution is -0.118. The van der Waals surface area contributed by atoms with Crippen molar-refractivity contribution in [2.75, 3.05) is 5.75 Å². The SMILES string of the molecule is NC(=O)C(N)CS(=O)(=O)C1CCCC1. The minimum Gasteiger partial charge on any atom is -0.368 e. The molecule has 1 rings (SSSR count). The van der Waals surface area contributed by atoms with Gasteiger partial charge >= 0.3 is 0 Å². The number of hydrogen-bond donors (Lipinski definition) is 2. The lowest BCUT2D eigenvalue weighted by atomic mass is 10.3. The highest BCUT2D eigenvalue weighted by Crippen LogP contribution is 2.25. The van der Waals surface area contributed by atoms with Gasteiger partial charge < -0.3 is 11.5 Å². The molecule has 4 N–H and O–H groups in total. The molecule has 82 valence electrons. The molecule has 1 amide bonds. The van der Waals surface area contributed by atoms with E-state index < -0.39 is 21.8 Å². The summed E-state index contributed by atoms with van der Waals surface area (Å²) in [6, 6.07) is -1.07. The fourth-order valence-corrected chi connectivity index (χ4v) is 3.70. The van der Waals surface area contributed by atoms with Crippen LogP contribution in [0.3, 0.4) is 0 Å². The quantitative estimate of drug-likeness (QED) is 0.644. The predicted octanol–water partition coefficient (Wildman–Crippen LogP) is -0.844. The molecule has 1 atom stereocenters. The summed E-state index contributed by atoms with van der Waals surface area (Å²) in [6.45, 7) is 0. The Morgan fingerprint density at radius 2 is 1.86 bits per heavy atom. The number of nitrogens with two attached hydrogens (primary N) is 2. The zero-order valence-electron chi connectivity index (χ0n) is 7.98. The van der Waals surface area contributed by atoms with E-state index in [2.05, 4.69) is 0 Å². The molecule has 0 heterocycles. The third kappa shape index (κ3) is 2.68. The summed E-state index contributed by atoms with van der Waals surface area (Å²) in [5, 5.41) is -0.312. The fraction of sp³-hybridized carbons (Fsp3) is 0.875. The highest BCUT2D eigenvalue weighted by Gasteiger charge is 2.31. The Labute approximate surface area is 83.8 Å². The molecular formula is C8H16N2O3S. The largest absolute Gasteiger partial charge is 0.368 e. The molecule has 0 bridgehead atoms. The van der Waals surface area contributed by atoms with Gasteiger partial charge in [0.1, 0.15) is 0 Å². The number of sulfone groups is 1. The van der Waals surface area contributed by atoms with Crippen LogP contribution < -0.4 is 11.5 Å². The molecule has 1 fully saturated rings. The molecule has 0 saturated heterocycles. The summed E-state index contributed by atoms with van der Waals surface area (Å²) < 4.78 is 23.3. The van der Waals surface area contributed by atoms with Crippen molar-refractivity contribution in [2.24, 2.45) is 11.5 Å². The monoisotopic (exact) mass is 220 g/mol. The van der Waals surface area contributed by atoms with Gasteiger partial charge in [-0.1, -0.05) is 12.8 Å². The van der Waals surface area contributed by atoms with Crippen LogP contribution in [-0.2, 0) is 14.6 Å². The third-order valence-corrected chi connectivity index (χ3v) is 4.90. The van der Waals surface area contributed by atoms with Gasteiger partial charge in [-0.25, -0.2) is 8.42 Å². The zero-order chi connectivity index (χ0) is 10.8. The van der Waals surface area contributed by atoms with E-state index in [0.29, 0.717) is 12.8 Å². The zero-order valence-corrected chi connectivity index (χ0v) is 8.79. The Hall–Kier alpha value is -0.620. The first-order valence-electron chi connectivity index (χ1n) is 4.70. The van der Waals surface area contributed by atoms with Crippen molar-refractivity contribution in [1.82, 2.24) is 0 Å². The van der Waals surface area contributed by atoms with Crippen LogP contribution in [0.2, 0.25) is 0 Å². The minimum absolute atomic E-state index is 0.312. The molecule has 1 aliphatic carbocycles. The van der Waals surface area contributed by atoms with Crippen molar-refractivity contribution >= 4 is 15.7 Å². The molecule has 5 nitrogen and oxygen atoms in total. The summed E-state index contributed by atoms with van der Waals surface area (Å²) in [6.07, 6.45) is 3.26. The molecule has 1 aliphatic rings. The first-order chi connectivity index (χ1) is 6.43. The number of primary amides is 1. The average molecular weight is 220 g/mol. The molecule has 0 radical (unpaired) electrons. The van der Waals surface area contributed by atoms with E-state index >= 15 is 0 Å². The second kappa shape index (κ2) is 4.27. The number of carbonyl (C=O) groups is 1. The summed E-state index contributed by atoms with van der Waals surface area (Å²) in [4.78, 5) is 10.6. The van der Waals surface area contributed by atoms with Crippen molar-refractivity contribution in [2.45, 2.75) is 37.0 Å². The molecule has 1 unspecified atom stereocenters. The molecule has 0 aromatic heterocycles. The highest BCUT2D eigenvalue weighted by atomic mass is 32.2. The Bertz CT molecular complexity index is 307. The van der Waals surface area contributed by atoms with Gasteiger partial charge in [0.25, 0.3) is 0 Å². The van der Waals surface area contributed by atoms with Crippen molar-refractivity contribution in [3.8, 4) is 0 Å². The van der Waals surface area contributed by atoms with E-state index in [-0.39, 0.29) is 11.0 Å². The summed E-state index contributed by atoms with van der Waals surface area (Å²) in [5.41, 5.74) is 10.2. The Balaban J connectivity index is 2.61. The maximum atomic E-state index is 11.7. The van der Waals surface area contributed by atoms with Crippen LogP contribution in [0, 0.1) is 0 Å². The predicted molar refractivity (Wildman–Crippen MR) is 53.2 cm³/mol. The topological polar surface area (TPSA) is 103 Å². The summed E-state index contributed by atoms with van der Waals surface area (Å²) in [7, 11) is -3.23. The van der Waals surface area contributed by atoms with Crippen LogP contribution in [0.4, 0.5) is 0 Å². The standard InChI is InChI=1S/C8H16N2O3S/c9-7(8(10)11)5-14(12,13)6-3-1-2-4-6/h6-7H,1-5,9H2,(H2,10,11). The molecule has 0 aromatic carbocycles. The molecule has 0 aliphatic heterocycles. The number of carbonyl (C=O) groups excluding carboxylic acids is 1. The van der Waals surface area contributed by atoms with E-state index in [9.17, 15) is 13.2 Å². The first-order valence-corrected chi connectivity index (χ1v) is 6.41. The van der Waals surface area contributed by atoms with E-state index in [4.69, 9.17) is 11.5 Å². The van der Waals surface area contributed by atoms with Crippen LogP contribution >= 0.6 is 0 Å². The van der Waals surface area contributed by atoms with Crippen LogP contribution in [0.25, 0.3) is 0 Å². The second-order valence-electron chi connectivity index (χ2n) is 3.74. The maximum absolute atomic E-state index is 11.7. The van der Waals surface area contributed by atoms with Crippen LogP contribution in [0.1, 0.15) is 25.7 Å². The van der Waals surface area contributed by atoms with Crippen molar-refractivity contribution in [1.29, 1.82) is 0 Å². The summed E-state index contributed by atoms with van der Waals surface area (Å²) >= 11 is 0. The van der Waals surface area contributed by atoms with E-state index in [0.717, 1.165) is 12.8 Å². The lowest BCUT2D eigenvalue weighted by Crippen LogP contribution is -2.43. The van der Waals surface area contributed by atoms with Crippen molar-refractivity contribution < 1.29 is 13.2 Å². The van der Waals surface area contributed by atoms with Crippen molar-refractivity contribution in [3.05, 3.63) is 0 Å². The number of amides is 1. The smallest absolute Gasteiger partial charge is 0.235 e. The van der Waals surface area contributed by atoms with Gasteiger partial charge in [-0.05, 0) is 12.8 Å².